The topological polar surface area (TPSA) is 99.6 Å². The molecule has 0 heterocycles. The molecule has 0 aliphatic carbocycles. The van der Waals surface area contributed by atoms with Crippen molar-refractivity contribution in [2.75, 3.05) is 18.1 Å². The third-order valence-corrected chi connectivity index (χ3v) is 4.53. The lowest BCUT2D eigenvalue weighted by molar-refractivity contribution is 0.139. The molecule has 0 aliphatic heterocycles. The molecule has 0 saturated carbocycles. The van der Waals surface area contributed by atoms with E-state index in [4.69, 9.17) is 22.0 Å². The van der Waals surface area contributed by atoms with Crippen molar-refractivity contribution in [3.8, 4) is 0 Å². The minimum Gasteiger partial charge on any atom is -0.399 e. The van der Waals surface area contributed by atoms with E-state index in [2.05, 4.69) is 12.1 Å². The average Bonchev–Trinajstić information content (AvgIpc) is 2.61. The van der Waals surface area contributed by atoms with Gasteiger partial charge < -0.3 is 22.0 Å². The Hall–Kier alpha value is -1.91. The predicted octanol–water partition coefficient (Wildman–Crippen LogP) is 5.19. The van der Waals surface area contributed by atoms with E-state index in [0.717, 1.165) is 6.42 Å². The molecule has 1 aromatic rings. The molecule has 148 valence electrons. The lowest BCUT2D eigenvalue weighted by Gasteiger charge is -2.05. The highest BCUT2D eigenvalue weighted by Crippen LogP contribution is 2.14. The highest BCUT2D eigenvalue weighted by Gasteiger charge is 2.02. The zero-order valence-corrected chi connectivity index (χ0v) is 16.5. The van der Waals surface area contributed by atoms with Gasteiger partial charge >= 0.3 is 0 Å². The van der Waals surface area contributed by atoms with Crippen LogP contribution in [0.4, 0.5) is 11.4 Å². The molecule has 5 nitrogen and oxygen atoms in total. The molecular weight excluding hydrogens is 324 g/mol. The molecule has 0 saturated heterocycles. The third-order valence-electron chi connectivity index (χ3n) is 4.53. The summed E-state index contributed by atoms with van der Waals surface area (Å²) in [5.74, 6) is 0.308. The Morgan fingerprint density at radius 3 is 1.73 bits per heavy atom. The van der Waals surface area contributed by atoms with E-state index in [1.54, 1.807) is 18.2 Å². The first-order valence-electron chi connectivity index (χ1n) is 10.3. The SMILES string of the molecule is CCCCCCCCCCCCCCON=C(N)c1cc(N)cc(N)c1. The van der Waals surface area contributed by atoms with Crippen LogP contribution in [0.5, 0.6) is 0 Å². The first-order valence-corrected chi connectivity index (χ1v) is 10.3. The molecule has 0 bridgehead atoms. The van der Waals surface area contributed by atoms with E-state index < -0.39 is 0 Å². The molecule has 0 radical (unpaired) electrons. The Bertz CT molecular complexity index is 496. The number of unbranched alkanes of at least 4 members (excludes halogenated alkanes) is 11. The predicted molar refractivity (Wildman–Crippen MR) is 113 cm³/mol. The van der Waals surface area contributed by atoms with Gasteiger partial charge in [0.1, 0.15) is 6.61 Å². The monoisotopic (exact) mass is 362 g/mol. The fourth-order valence-corrected chi connectivity index (χ4v) is 3.00. The van der Waals surface area contributed by atoms with Crippen LogP contribution in [0, 0.1) is 0 Å². The van der Waals surface area contributed by atoms with Crippen LogP contribution in [0.3, 0.4) is 0 Å². The molecule has 26 heavy (non-hydrogen) atoms. The molecule has 0 spiro atoms. The summed E-state index contributed by atoms with van der Waals surface area (Å²) in [5.41, 5.74) is 19.2. The van der Waals surface area contributed by atoms with Crippen LogP contribution in [-0.4, -0.2) is 12.4 Å². The van der Waals surface area contributed by atoms with Crippen LogP contribution in [0.15, 0.2) is 23.4 Å². The Labute approximate surface area is 159 Å². The van der Waals surface area contributed by atoms with Crippen LogP contribution >= 0.6 is 0 Å². The molecule has 5 heteroatoms. The van der Waals surface area contributed by atoms with Crippen molar-refractivity contribution in [3.05, 3.63) is 23.8 Å². The molecule has 0 aromatic heterocycles. The number of nitrogens with two attached hydrogens (primary N) is 3. The normalized spacial score (nSPS) is 11.7. The molecule has 0 atom stereocenters. The van der Waals surface area contributed by atoms with Crippen molar-refractivity contribution in [2.45, 2.75) is 84.0 Å². The van der Waals surface area contributed by atoms with E-state index in [1.807, 2.05) is 0 Å². The number of hydrogen-bond acceptors (Lipinski definition) is 4. The van der Waals surface area contributed by atoms with Crippen molar-refractivity contribution < 1.29 is 4.84 Å². The summed E-state index contributed by atoms with van der Waals surface area (Å²) >= 11 is 0. The van der Waals surface area contributed by atoms with Gasteiger partial charge in [-0.25, -0.2) is 0 Å². The average molecular weight is 363 g/mol. The fraction of sp³-hybridized carbons (Fsp3) is 0.667. The van der Waals surface area contributed by atoms with E-state index in [-0.39, 0.29) is 0 Å². The van der Waals surface area contributed by atoms with Crippen LogP contribution in [-0.2, 0) is 4.84 Å². The maximum atomic E-state index is 5.89. The number of amidine groups is 1. The van der Waals surface area contributed by atoms with Gasteiger partial charge in [0, 0.05) is 16.9 Å². The molecular formula is C21H38N4O. The van der Waals surface area contributed by atoms with Gasteiger partial charge in [-0.15, -0.1) is 0 Å². The minimum atomic E-state index is 0.308. The summed E-state index contributed by atoms with van der Waals surface area (Å²) in [7, 11) is 0. The Kier molecular flexibility index (Phi) is 12.2. The molecule has 0 amide bonds. The van der Waals surface area contributed by atoms with Gasteiger partial charge in [0.05, 0.1) is 0 Å². The van der Waals surface area contributed by atoms with Gasteiger partial charge in [-0.1, -0.05) is 76.3 Å². The van der Waals surface area contributed by atoms with Gasteiger partial charge in [0.15, 0.2) is 5.84 Å². The van der Waals surface area contributed by atoms with Gasteiger partial charge in [-0.3, -0.25) is 0 Å². The number of hydrogen-bond donors (Lipinski definition) is 3. The van der Waals surface area contributed by atoms with Crippen LogP contribution in [0.25, 0.3) is 0 Å². The number of nitrogen functional groups attached to an aromatic ring is 2. The molecule has 1 rings (SSSR count). The fourth-order valence-electron chi connectivity index (χ4n) is 3.00. The molecule has 0 aliphatic rings. The van der Waals surface area contributed by atoms with Crippen LogP contribution in [0.1, 0.15) is 89.5 Å². The first kappa shape index (κ1) is 22.1. The third kappa shape index (κ3) is 10.9. The summed E-state index contributed by atoms with van der Waals surface area (Å²) in [5, 5.41) is 3.95. The number of anilines is 2. The van der Waals surface area contributed by atoms with Gasteiger partial charge in [-0.05, 0) is 31.0 Å². The second-order valence-corrected chi connectivity index (χ2v) is 7.09. The van der Waals surface area contributed by atoms with Gasteiger partial charge in [-0.2, -0.15) is 0 Å². The van der Waals surface area contributed by atoms with E-state index in [0.29, 0.717) is 29.4 Å². The van der Waals surface area contributed by atoms with E-state index >= 15 is 0 Å². The van der Waals surface area contributed by atoms with Crippen molar-refractivity contribution >= 4 is 17.2 Å². The molecule has 1 aromatic carbocycles. The summed E-state index contributed by atoms with van der Waals surface area (Å²) in [4.78, 5) is 5.30. The van der Waals surface area contributed by atoms with Gasteiger partial charge in [0.2, 0.25) is 0 Å². The van der Waals surface area contributed by atoms with E-state index in [9.17, 15) is 0 Å². The van der Waals surface area contributed by atoms with Crippen molar-refractivity contribution in [1.29, 1.82) is 0 Å². The molecule has 0 unspecified atom stereocenters. The lowest BCUT2D eigenvalue weighted by Crippen LogP contribution is -2.14. The zero-order chi connectivity index (χ0) is 19.0. The smallest absolute Gasteiger partial charge is 0.170 e. The first-order chi connectivity index (χ1) is 12.6. The molecule has 0 fully saturated rings. The highest BCUT2D eigenvalue weighted by atomic mass is 16.6. The molecule has 6 N–H and O–H groups in total. The maximum Gasteiger partial charge on any atom is 0.170 e. The number of rotatable bonds is 15. The summed E-state index contributed by atoms with van der Waals surface area (Å²) < 4.78 is 0. The number of oxime groups is 1. The maximum absolute atomic E-state index is 5.89. The van der Waals surface area contributed by atoms with Crippen molar-refractivity contribution in [2.24, 2.45) is 10.9 Å². The number of benzene rings is 1. The quantitative estimate of drug-likeness (QED) is 0.131. The summed E-state index contributed by atoms with van der Waals surface area (Å²) in [6.07, 6.45) is 15.9. The Morgan fingerprint density at radius 2 is 1.23 bits per heavy atom. The largest absolute Gasteiger partial charge is 0.399 e. The van der Waals surface area contributed by atoms with Crippen molar-refractivity contribution in [3.63, 3.8) is 0 Å². The van der Waals surface area contributed by atoms with E-state index in [1.165, 1.54) is 70.6 Å². The second-order valence-electron chi connectivity index (χ2n) is 7.09. The standard InChI is InChI=1S/C21H38N4O/c1-2-3-4-5-6-7-8-9-10-11-12-13-14-26-25-21(24)18-15-19(22)17-20(23)16-18/h15-17H,2-14,22-23H2,1H3,(H2,24,25). The second kappa shape index (κ2) is 14.3. The highest BCUT2D eigenvalue weighted by molar-refractivity contribution is 5.98. The Morgan fingerprint density at radius 1 is 0.769 bits per heavy atom. The lowest BCUT2D eigenvalue weighted by atomic mass is 10.1. The zero-order valence-electron chi connectivity index (χ0n) is 16.5. The van der Waals surface area contributed by atoms with Crippen LogP contribution < -0.4 is 17.2 Å². The number of nitrogens with zero attached hydrogens (tertiary/aromatic N) is 1. The van der Waals surface area contributed by atoms with Gasteiger partial charge in [0.25, 0.3) is 0 Å². The Balaban J connectivity index is 1.97. The van der Waals surface area contributed by atoms with Crippen molar-refractivity contribution in [1.82, 2.24) is 0 Å². The van der Waals surface area contributed by atoms with Crippen LogP contribution in [0.2, 0.25) is 0 Å². The minimum absolute atomic E-state index is 0.308. The summed E-state index contributed by atoms with van der Waals surface area (Å²) in [6, 6.07) is 5.16. The summed E-state index contributed by atoms with van der Waals surface area (Å²) in [6.45, 7) is 2.86.